The van der Waals surface area contributed by atoms with E-state index in [4.69, 9.17) is 0 Å². The Hall–Kier alpha value is -0.230. The second-order valence-electron chi connectivity index (χ2n) is 4.07. The monoisotopic (exact) mass is 246 g/mol. The van der Waals surface area contributed by atoms with Crippen LogP contribution in [0.25, 0.3) is 0 Å². The molecule has 2 rings (SSSR count). The first kappa shape index (κ1) is 15.8. The lowest BCUT2D eigenvalue weighted by atomic mass is 10.0. The molecule has 5 heteroatoms. The van der Waals surface area contributed by atoms with Gasteiger partial charge >= 0.3 is 0 Å². The fourth-order valence-electron chi connectivity index (χ4n) is 1.57. The molecular formula is C11H26N4S. The SMILES string of the molecule is C1CNCCN1.CC1CCNCC1.NC=S. The van der Waals surface area contributed by atoms with Gasteiger partial charge in [-0.15, -0.1) is 0 Å². The third-order valence-electron chi connectivity index (χ3n) is 2.58. The van der Waals surface area contributed by atoms with Crippen molar-refractivity contribution in [3.05, 3.63) is 0 Å². The van der Waals surface area contributed by atoms with E-state index in [-0.39, 0.29) is 0 Å². The maximum Gasteiger partial charge on any atom is 0.0588 e. The largest absolute Gasteiger partial charge is 0.396 e. The number of rotatable bonds is 0. The van der Waals surface area contributed by atoms with Crippen molar-refractivity contribution < 1.29 is 0 Å². The van der Waals surface area contributed by atoms with E-state index in [1.165, 1.54) is 25.9 Å². The Morgan fingerprint density at radius 1 is 0.938 bits per heavy atom. The molecule has 0 saturated carbocycles. The van der Waals surface area contributed by atoms with Gasteiger partial charge in [0.25, 0.3) is 0 Å². The summed E-state index contributed by atoms with van der Waals surface area (Å²) < 4.78 is 0. The van der Waals surface area contributed by atoms with Crippen LogP contribution in [-0.2, 0) is 0 Å². The summed E-state index contributed by atoms with van der Waals surface area (Å²) >= 11 is 4.05. The van der Waals surface area contributed by atoms with Crippen molar-refractivity contribution in [1.29, 1.82) is 0 Å². The molecule has 0 unspecified atom stereocenters. The van der Waals surface area contributed by atoms with Gasteiger partial charge in [0, 0.05) is 26.2 Å². The predicted octanol–water partition coefficient (Wildman–Crippen LogP) is 0.0874. The van der Waals surface area contributed by atoms with Crippen LogP contribution in [0.3, 0.4) is 0 Å². The van der Waals surface area contributed by atoms with Gasteiger partial charge in [-0.2, -0.15) is 0 Å². The summed E-state index contributed by atoms with van der Waals surface area (Å²) in [4.78, 5) is 0. The first-order valence-electron chi connectivity index (χ1n) is 6.08. The second kappa shape index (κ2) is 12.8. The van der Waals surface area contributed by atoms with Gasteiger partial charge in [-0.25, -0.2) is 0 Å². The summed E-state index contributed by atoms with van der Waals surface area (Å²) in [5.41, 5.74) is 5.62. The predicted molar refractivity (Wildman–Crippen MR) is 74.8 cm³/mol. The van der Waals surface area contributed by atoms with Gasteiger partial charge in [-0.3, -0.25) is 0 Å². The third-order valence-corrected chi connectivity index (χ3v) is 2.58. The molecule has 2 fully saturated rings. The van der Waals surface area contributed by atoms with E-state index in [0.29, 0.717) is 0 Å². The summed E-state index contributed by atoms with van der Waals surface area (Å²) in [5, 5.41) is 9.76. The molecule has 0 aliphatic carbocycles. The first-order chi connectivity index (χ1) is 7.81. The molecule has 0 amide bonds. The number of hydrogen-bond donors (Lipinski definition) is 4. The van der Waals surface area contributed by atoms with Gasteiger partial charge in [0.15, 0.2) is 0 Å². The Labute approximate surface area is 105 Å². The van der Waals surface area contributed by atoms with Crippen LogP contribution in [0.4, 0.5) is 0 Å². The lowest BCUT2D eigenvalue weighted by Crippen LogP contribution is -2.39. The lowest BCUT2D eigenvalue weighted by Gasteiger charge is -2.17. The zero-order valence-electron chi connectivity index (χ0n) is 10.3. The third kappa shape index (κ3) is 11.8. The molecule has 0 aromatic rings. The molecule has 0 radical (unpaired) electrons. The van der Waals surface area contributed by atoms with Crippen molar-refractivity contribution in [3.8, 4) is 0 Å². The molecule has 2 aliphatic rings. The topological polar surface area (TPSA) is 62.1 Å². The highest BCUT2D eigenvalue weighted by atomic mass is 32.1. The van der Waals surface area contributed by atoms with Gasteiger partial charge in [-0.05, 0) is 31.8 Å². The fourth-order valence-corrected chi connectivity index (χ4v) is 1.57. The highest BCUT2D eigenvalue weighted by molar-refractivity contribution is 7.78. The van der Waals surface area contributed by atoms with Gasteiger partial charge in [0.2, 0.25) is 0 Å². The molecule has 0 aromatic carbocycles. The summed E-state index contributed by atoms with van der Waals surface area (Å²) in [6.45, 7) is 9.35. The van der Waals surface area contributed by atoms with E-state index >= 15 is 0 Å². The van der Waals surface area contributed by atoms with E-state index in [0.717, 1.165) is 37.6 Å². The van der Waals surface area contributed by atoms with Crippen LogP contribution >= 0.6 is 12.2 Å². The molecular weight excluding hydrogens is 220 g/mol. The Bertz CT molecular complexity index is 133. The maximum atomic E-state index is 4.54. The van der Waals surface area contributed by atoms with E-state index in [2.05, 4.69) is 40.8 Å². The van der Waals surface area contributed by atoms with Crippen molar-refractivity contribution in [2.24, 2.45) is 11.7 Å². The molecule has 96 valence electrons. The second-order valence-corrected chi connectivity index (χ2v) is 4.34. The quantitative estimate of drug-likeness (QED) is 0.456. The van der Waals surface area contributed by atoms with E-state index in [1.807, 2.05) is 0 Å². The number of nitrogens with two attached hydrogens (primary N) is 1. The van der Waals surface area contributed by atoms with Crippen LogP contribution in [0.1, 0.15) is 19.8 Å². The molecule has 0 atom stereocenters. The molecule has 5 N–H and O–H groups in total. The van der Waals surface area contributed by atoms with Gasteiger partial charge in [0.05, 0.1) is 5.49 Å². The Morgan fingerprint density at radius 3 is 1.44 bits per heavy atom. The average Bonchev–Trinajstić information content (AvgIpc) is 2.34. The van der Waals surface area contributed by atoms with Gasteiger partial charge in [-0.1, -0.05) is 19.1 Å². The van der Waals surface area contributed by atoms with E-state index in [9.17, 15) is 0 Å². The number of nitrogens with one attached hydrogen (secondary N) is 3. The first-order valence-corrected chi connectivity index (χ1v) is 6.56. The summed E-state index contributed by atoms with van der Waals surface area (Å²) in [5.74, 6) is 0.973. The average molecular weight is 246 g/mol. The lowest BCUT2D eigenvalue weighted by molar-refractivity contribution is 0.402. The van der Waals surface area contributed by atoms with E-state index in [1.54, 1.807) is 0 Å². The minimum absolute atomic E-state index is 0.973. The standard InChI is InChI=1S/C6H13N.C4H10N2.CH3NS/c1-6-2-4-7-5-3-6;1-2-6-4-3-5-1;2-1-3/h6-7H,2-5H2,1H3;5-6H,1-4H2;1H,(H2,2,3). The molecule has 0 bridgehead atoms. The van der Waals surface area contributed by atoms with Crippen LogP contribution in [0.15, 0.2) is 0 Å². The Kier molecular flexibility index (Phi) is 12.7. The fraction of sp³-hybridized carbons (Fsp3) is 0.909. The highest BCUT2D eigenvalue weighted by Crippen LogP contribution is 2.08. The van der Waals surface area contributed by atoms with Crippen LogP contribution in [-0.4, -0.2) is 44.8 Å². The number of piperazine rings is 1. The molecule has 2 aliphatic heterocycles. The van der Waals surface area contributed by atoms with Crippen LogP contribution in [0, 0.1) is 5.92 Å². The van der Waals surface area contributed by atoms with E-state index < -0.39 is 0 Å². The zero-order chi connectivity index (χ0) is 12.1. The maximum absolute atomic E-state index is 4.54. The van der Waals surface area contributed by atoms with Gasteiger partial charge in [0.1, 0.15) is 0 Å². The molecule has 0 spiro atoms. The van der Waals surface area contributed by atoms with Crippen molar-refractivity contribution in [2.45, 2.75) is 19.8 Å². The smallest absolute Gasteiger partial charge is 0.0588 e. The van der Waals surface area contributed by atoms with Gasteiger partial charge < -0.3 is 21.7 Å². The number of hydrogen-bond acceptors (Lipinski definition) is 4. The van der Waals surface area contributed by atoms with Crippen molar-refractivity contribution in [2.75, 3.05) is 39.3 Å². The van der Waals surface area contributed by atoms with Crippen molar-refractivity contribution in [1.82, 2.24) is 16.0 Å². The summed E-state index contributed by atoms with van der Waals surface area (Å²) in [7, 11) is 0. The Balaban J connectivity index is 0.000000230. The number of piperidine rings is 1. The summed E-state index contributed by atoms with van der Waals surface area (Å²) in [6.07, 6.45) is 2.75. The minimum Gasteiger partial charge on any atom is -0.396 e. The summed E-state index contributed by atoms with van der Waals surface area (Å²) in [6, 6.07) is 0. The Morgan fingerprint density at radius 2 is 1.25 bits per heavy atom. The molecule has 16 heavy (non-hydrogen) atoms. The zero-order valence-corrected chi connectivity index (χ0v) is 11.1. The van der Waals surface area contributed by atoms with Crippen LogP contribution in [0.5, 0.6) is 0 Å². The van der Waals surface area contributed by atoms with Crippen LogP contribution < -0.4 is 21.7 Å². The highest BCUT2D eigenvalue weighted by Gasteiger charge is 2.05. The van der Waals surface area contributed by atoms with Crippen molar-refractivity contribution in [3.63, 3.8) is 0 Å². The molecule has 2 saturated heterocycles. The molecule has 0 aromatic heterocycles. The number of thiocarbonyl (C=S) groups is 1. The molecule has 4 nitrogen and oxygen atoms in total. The van der Waals surface area contributed by atoms with Crippen molar-refractivity contribution >= 4 is 17.7 Å². The van der Waals surface area contributed by atoms with Crippen LogP contribution in [0.2, 0.25) is 0 Å². The minimum atomic E-state index is 0.973. The molecule has 2 heterocycles. The normalized spacial score (nSPS) is 20.8.